The van der Waals surface area contributed by atoms with Gasteiger partial charge in [0.15, 0.2) is 0 Å². The summed E-state index contributed by atoms with van der Waals surface area (Å²) in [6, 6.07) is 5.65. The Kier molecular flexibility index (Phi) is 5.41. The highest BCUT2D eigenvalue weighted by Gasteiger charge is 2.29. The zero-order chi connectivity index (χ0) is 19.5. The van der Waals surface area contributed by atoms with Gasteiger partial charge < -0.3 is 14.5 Å². The molecular formula is C21H26N4O3. The number of hydrogen-bond donors (Lipinski definition) is 0. The Morgan fingerprint density at radius 3 is 2.57 bits per heavy atom. The Labute approximate surface area is 164 Å². The number of amides is 1. The van der Waals surface area contributed by atoms with Crippen LogP contribution in [0.4, 0.5) is 5.82 Å². The lowest BCUT2D eigenvalue weighted by molar-refractivity contribution is -0.149. The molecule has 0 bridgehead atoms. The molecule has 0 radical (unpaired) electrons. The molecule has 1 aromatic carbocycles. The number of hydrogen-bond acceptors (Lipinski definition) is 6. The molecule has 148 valence electrons. The molecule has 0 spiro atoms. The summed E-state index contributed by atoms with van der Waals surface area (Å²) in [5.41, 5.74) is 1.51. The standard InChI is InChI=1S/C21H26N4O3/c1-2-28-21(27)15-7-11-25(12-8-15)20(26)16-5-6-18-17(13-16)19(23-14-22-18)24-9-3-4-10-24/h5-6,13-15H,2-4,7-12H2,1H3. The first kappa shape index (κ1) is 18.7. The predicted octanol–water partition coefficient (Wildman–Crippen LogP) is 2.65. The summed E-state index contributed by atoms with van der Waals surface area (Å²) in [5, 5.41) is 0.927. The van der Waals surface area contributed by atoms with Crippen molar-refractivity contribution in [3.63, 3.8) is 0 Å². The molecule has 2 saturated heterocycles. The molecule has 7 heteroatoms. The number of fused-ring (bicyclic) bond motifs is 1. The number of aromatic nitrogens is 2. The van der Waals surface area contributed by atoms with Crippen molar-refractivity contribution in [2.75, 3.05) is 37.7 Å². The topological polar surface area (TPSA) is 75.6 Å². The number of ether oxygens (including phenoxy) is 1. The first-order valence-electron chi connectivity index (χ1n) is 10.1. The van der Waals surface area contributed by atoms with Crippen molar-refractivity contribution < 1.29 is 14.3 Å². The molecule has 3 heterocycles. The van der Waals surface area contributed by atoms with Crippen LogP contribution in [0.25, 0.3) is 10.9 Å². The number of benzene rings is 1. The van der Waals surface area contributed by atoms with Crippen molar-refractivity contribution in [1.29, 1.82) is 0 Å². The Bertz CT molecular complexity index is 871. The van der Waals surface area contributed by atoms with E-state index < -0.39 is 0 Å². The largest absolute Gasteiger partial charge is 0.466 e. The molecule has 0 aliphatic carbocycles. The van der Waals surface area contributed by atoms with E-state index in [0.717, 1.165) is 29.8 Å². The maximum atomic E-state index is 13.0. The van der Waals surface area contributed by atoms with E-state index in [0.29, 0.717) is 38.1 Å². The number of piperidine rings is 1. The Balaban J connectivity index is 1.52. The summed E-state index contributed by atoms with van der Waals surface area (Å²) in [7, 11) is 0. The molecule has 7 nitrogen and oxygen atoms in total. The molecule has 2 aromatic rings. The number of esters is 1. The molecule has 1 amide bonds. The maximum absolute atomic E-state index is 13.0. The molecule has 2 fully saturated rings. The Hall–Kier alpha value is -2.70. The highest BCUT2D eigenvalue weighted by atomic mass is 16.5. The van der Waals surface area contributed by atoms with Gasteiger partial charge in [0.25, 0.3) is 5.91 Å². The highest BCUT2D eigenvalue weighted by Crippen LogP contribution is 2.28. The molecular weight excluding hydrogens is 356 g/mol. The van der Waals surface area contributed by atoms with Crippen LogP contribution in [0.5, 0.6) is 0 Å². The van der Waals surface area contributed by atoms with Crippen LogP contribution in [-0.4, -0.2) is 59.5 Å². The van der Waals surface area contributed by atoms with E-state index in [2.05, 4.69) is 14.9 Å². The van der Waals surface area contributed by atoms with Crippen LogP contribution in [0.3, 0.4) is 0 Å². The quantitative estimate of drug-likeness (QED) is 0.757. The molecule has 28 heavy (non-hydrogen) atoms. The van der Waals surface area contributed by atoms with E-state index in [1.54, 1.807) is 6.33 Å². The fourth-order valence-corrected chi connectivity index (χ4v) is 4.12. The third kappa shape index (κ3) is 3.66. The average molecular weight is 382 g/mol. The molecule has 2 aliphatic heterocycles. The maximum Gasteiger partial charge on any atom is 0.309 e. The zero-order valence-corrected chi connectivity index (χ0v) is 16.3. The summed E-state index contributed by atoms with van der Waals surface area (Å²) >= 11 is 0. The van der Waals surface area contributed by atoms with Crippen molar-refractivity contribution in [2.45, 2.75) is 32.6 Å². The average Bonchev–Trinajstić information content (AvgIpc) is 3.27. The van der Waals surface area contributed by atoms with E-state index in [-0.39, 0.29) is 17.8 Å². The van der Waals surface area contributed by atoms with Gasteiger partial charge in [-0.05, 0) is 50.8 Å². The van der Waals surface area contributed by atoms with Gasteiger partial charge in [-0.2, -0.15) is 0 Å². The van der Waals surface area contributed by atoms with Gasteiger partial charge in [-0.25, -0.2) is 9.97 Å². The summed E-state index contributed by atoms with van der Waals surface area (Å²) in [6.07, 6.45) is 5.23. The minimum atomic E-state index is -0.146. The fraction of sp³-hybridized carbons (Fsp3) is 0.524. The van der Waals surface area contributed by atoms with E-state index in [1.165, 1.54) is 12.8 Å². The monoisotopic (exact) mass is 382 g/mol. The van der Waals surface area contributed by atoms with E-state index >= 15 is 0 Å². The van der Waals surface area contributed by atoms with Gasteiger partial charge in [0.1, 0.15) is 12.1 Å². The molecule has 0 unspecified atom stereocenters. The molecule has 1 aromatic heterocycles. The van der Waals surface area contributed by atoms with Crippen molar-refractivity contribution in [2.24, 2.45) is 5.92 Å². The zero-order valence-electron chi connectivity index (χ0n) is 16.3. The summed E-state index contributed by atoms with van der Waals surface area (Å²) in [5.74, 6) is 0.669. The Morgan fingerprint density at radius 2 is 1.86 bits per heavy atom. The van der Waals surface area contributed by atoms with Gasteiger partial charge in [-0.3, -0.25) is 9.59 Å². The van der Waals surface area contributed by atoms with Gasteiger partial charge in [0, 0.05) is 37.1 Å². The summed E-state index contributed by atoms with van der Waals surface area (Å²) in [6.45, 7) is 5.35. The van der Waals surface area contributed by atoms with Gasteiger partial charge >= 0.3 is 5.97 Å². The lowest BCUT2D eigenvalue weighted by atomic mass is 9.96. The van der Waals surface area contributed by atoms with Gasteiger partial charge in [-0.1, -0.05) is 0 Å². The van der Waals surface area contributed by atoms with Crippen LogP contribution in [-0.2, 0) is 9.53 Å². The normalized spacial score (nSPS) is 17.9. The smallest absolute Gasteiger partial charge is 0.309 e. The minimum absolute atomic E-state index is 0.000402. The lowest BCUT2D eigenvalue weighted by Crippen LogP contribution is -2.40. The van der Waals surface area contributed by atoms with Crippen molar-refractivity contribution in [3.8, 4) is 0 Å². The van der Waals surface area contributed by atoms with Crippen molar-refractivity contribution >= 4 is 28.6 Å². The molecule has 0 saturated carbocycles. The van der Waals surface area contributed by atoms with Crippen molar-refractivity contribution in [1.82, 2.24) is 14.9 Å². The summed E-state index contributed by atoms with van der Waals surface area (Å²) < 4.78 is 5.11. The second-order valence-electron chi connectivity index (χ2n) is 7.44. The van der Waals surface area contributed by atoms with Gasteiger partial charge in [0.05, 0.1) is 18.0 Å². The minimum Gasteiger partial charge on any atom is -0.466 e. The SMILES string of the molecule is CCOC(=O)C1CCN(C(=O)c2ccc3ncnc(N4CCCC4)c3c2)CC1. The van der Waals surface area contributed by atoms with Crippen LogP contribution in [0.2, 0.25) is 0 Å². The lowest BCUT2D eigenvalue weighted by Gasteiger charge is -2.31. The first-order chi connectivity index (χ1) is 13.7. The molecule has 0 atom stereocenters. The first-order valence-corrected chi connectivity index (χ1v) is 10.1. The van der Waals surface area contributed by atoms with Crippen LogP contribution in [0, 0.1) is 5.92 Å². The van der Waals surface area contributed by atoms with Crippen molar-refractivity contribution in [3.05, 3.63) is 30.1 Å². The van der Waals surface area contributed by atoms with E-state index in [4.69, 9.17) is 4.74 Å². The van der Waals surface area contributed by atoms with Crippen LogP contribution >= 0.6 is 0 Å². The number of rotatable bonds is 4. The second kappa shape index (κ2) is 8.12. The van der Waals surface area contributed by atoms with Crippen LogP contribution in [0.1, 0.15) is 43.0 Å². The van der Waals surface area contributed by atoms with E-state index in [1.807, 2.05) is 30.0 Å². The van der Waals surface area contributed by atoms with E-state index in [9.17, 15) is 9.59 Å². The predicted molar refractivity (Wildman–Crippen MR) is 106 cm³/mol. The number of carbonyl (C=O) groups excluding carboxylic acids is 2. The third-order valence-electron chi connectivity index (χ3n) is 5.67. The molecule has 4 rings (SSSR count). The fourth-order valence-electron chi connectivity index (χ4n) is 4.12. The summed E-state index contributed by atoms with van der Waals surface area (Å²) in [4.78, 5) is 37.9. The number of carbonyl (C=O) groups is 2. The number of likely N-dealkylation sites (tertiary alicyclic amines) is 1. The third-order valence-corrected chi connectivity index (χ3v) is 5.67. The highest BCUT2D eigenvalue weighted by molar-refractivity contribution is 6.00. The number of nitrogens with zero attached hydrogens (tertiary/aromatic N) is 4. The molecule has 0 N–H and O–H groups in total. The molecule has 2 aliphatic rings. The van der Waals surface area contributed by atoms with Crippen LogP contribution in [0.15, 0.2) is 24.5 Å². The second-order valence-corrected chi connectivity index (χ2v) is 7.44. The Morgan fingerprint density at radius 1 is 1.11 bits per heavy atom. The number of anilines is 1. The van der Waals surface area contributed by atoms with Gasteiger partial charge in [0.2, 0.25) is 0 Å². The van der Waals surface area contributed by atoms with Crippen LogP contribution < -0.4 is 4.90 Å². The van der Waals surface area contributed by atoms with Gasteiger partial charge in [-0.15, -0.1) is 0 Å².